The highest BCUT2D eigenvalue weighted by molar-refractivity contribution is 5.82. The van der Waals surface area contributed by atoms with Crippen LogP contribution in [0.3, 0.4) is 0 Å². The molecule has 0 radical (unpaired) electrons. The number of piperidine rings is 1. The number of hydrogen-bond donors (Lipinski definition) is 2. The summed E-state index contributed by atoms with van der Waals surface area (Å²) in [6, 6.07) is -0.894. The molecule has 1 rings (SSSR count). The molecule has 0 aliphatic carbocycles. The fraction of sp³-hybridized carbons (Fsp3) is 0.867. The minimum absolute atomic E-state index is 0.196. The molecule has 1 aliphatic rings. The first-order chi connectivity index (χ1) is 9.85. The van der Waals surface area contributed by atoms with Gasteiger partial charge in [0.2, 0.25) is 0 Å². The van der Waals surface area contributed by atoms with E-state index in [0.29, 0.717) is 6.42 Å². The van der Waals surface area contributed by atoms with E-state index in [2.05, 4.69) is 17.1 Å². The molecule has 21 heavy (non-hydrogen) atoms. The summed E-state index contributed by atoms with van der Waals surface area (Å²) in [5, 5.41) is 11.8. The number of amides is 2. The van der Waals surface area contributed by atoms with E-state index in [1.807, 2.05) is 13.8 Å². The van der Waals surface area contributed by atoms with E-state index in [1.165, 1.54) is 0 Å². The quantitative estimate of drug-likeness (QED) is 0.781. The van der Waals surface area contributed by atoms with Gasteiger partial charge in [0.15, 0.2) is 0 Å². The number of carbonyl (C=O) groups excluding carboxylic acids is 1. The number of nitrogens with zero attached hydrogens (tertiary/aromatic N) is 2. The second-order valence-electron chi connectivity index (χ2n) is 6.25. The van der Waals surface area contributed by atoms with Gasteiger partial charge in [-0.3, -0.25) is 0 Å². The highest BCUT2D eigenvalue weighted by Crippen LogP contribution is 2.15. The van der Waals surface area contributed by atoms with Crippen LogP contribution < -0.4 is 5.32 Å². The van der Waals surface area contributed by atoms with Gasteiger partial charge in [-0.1, -0.05) is 20.8 Å². The largest absolute Gasteiger partial charge is 0.480 e. The van der Waals surface area contributed by atoms with Crippen molar-refractivity contribution in [3.05, 3.63) is 0 Å². The summed E-state index contributed by atoms with van der Waals surface area (Å²) in [5.41, 5.74) is 0. The Labute approximate surface area is 127 Å². The Hall–Kier alpha value is -1.30. The van der Waals surface area contributed by atoms with E-state index in [-0.39, 0.29) is 18.0 Å². The summed E-state index contributed by atoms with van der Waals surface area (Å²) in [6.45, 7) is 9.07. The first-order valence-electron chi connectivity index (χ1n) is 7.83. The molecule has 1 atom stereocenters. The van der Waals surface area contributed by atoms with Crippen LogP contribution in [0.2, 0.25) is 0 Å². The fourth-order valence-electron chi connectivity index (χ4n) is 2.73. The third kappa shape index (κ3) is 5.53. The molecule has 1 unspecified atom stereocenters. The Morgan fingerprint density at radius 3 is 2.33 bits per heavy atom. The van der Waals surface area contributed by atoms with Crippen molar-refractivity contribution in [3.63, 3.8) is 0 Å². The predicted octanol–water partition coefficient (Wildman–Crippen LogP) is 1.61. The van der Waals surface area contributed by atoms with E-state index in [9.17, 15) is 14.7 Å². The van der Waals surface area contributed by atoms with Gasteiger partial charge in [-0.15, -0.1) is 0 Å². The number of carbonyl (C=O) groups is 2. The van der Waals surface area contributed by atoms with Gasteiger partial charge in [0.05, 0.1) is 0 Å². The van der Waals surface area contributed by atoms with Crippen molar-refractivity contribution >= 4 is 12.0 Å². The molecule has 122 valence electrons. The Morgan fingerprint density at radius 2 is 1.90 bits per heavy atom. The lowest BCUT2D eigenvalue weighted by atomic mass is 10.0. The Kier molecular flexibility index (Phi) is 6.95. The second kappa shape index (κ2) is 8.22. The second-order valence-corrected chi connectivity index (χ2v) is 6.25. The van der Waals surface area contributed by atoms with Crippen LogP contribution in [0.15, 0.2) is 0 Å². The van der Waals surface area contributed by atoms with Gasteiger partial charge < -0.3 is 20.2 Å². The molecule has 1 saturated heterocycles. The van der Waals surface area contributed by atoms with E-state index in [1.54, 1.807) is 11.9 Å². The highest BCUT2D eigenvalue weighted by Gasteiger charge is 2.28. The third-order valence-electron chi connectivity index (χ3n) is 4.18. The molecule has 0 saturated carbocycles. The predicted molar refractivity (Wildman–Crippen MR) is 82.3 cm³/mol. The molecule has 0 aromatic rings. The van der Waals surface area contributed by atoms with Crippen LogP contribution in [0.4, 0.5) is 4.79 Å². The van der Waals surface area contributed by atoms with Gasteiger partial charge in [0.1, 0.15) is 6.04 Å². The summed E-state index contributed by atoms with van der Waals surface area (Å²) in [4.78, 5) is 27.5. The van der Waals surface area contributed by atoms with E-state index in [0.717, 1.165) is 32.5 Å². The lowest BCUT2D eigenvalue weighted by Crippen LogP contribution is -2.52. The van der Waals surface area contributed by atoms with Gasteiger partial charge in [-0.2, -0.15) is 0 Å². The topological polar surface area (TPSA) is 72.9 Å². The van der Waals surface area contributed by atoms with E-state index in [4.69, 9.17) is 0 Å². The van der Waals surface area contributed by atoms with Crippen LogP contribution in [0.1, 0.15) is 40.0 Å². The summed E-state index contributed by atoms with van der Waals surface area (Å²) in [5.74, 6) is -0.740. The van der Waals surface area contributed by atoms with Gasteiger partial charge in [-0.05, 0) is 31.7 Å². The number of urea groups is 1. The summed E-state index contributed by atoms with van der Waals surface area (Å²) >= 11 is 0. The Morgan fingerprint density at radius 1 is 1.33 bits per heavy atom. The number of rotatable bonds is 6. The molecule has 0 aromatic heterocycles. The highest BCUT2D eigenvalue weighted by atomic mass is 16.4. The number of aliphatic carboxylic acids is 1. The van der Waals surface area contributed by atoms with Crippen LogP contribution in [-0.2, 0) is 4.79 Å². The maximum Gasteiger partial charge on any atom is 0.326 e. The average molecular weight is 299 g/mol. The first-order valence-corrected chi connectivity index (χ1v) is 7.83. The van der Waals surface area contributed by atoms with Gasteiger partial charge >= 0.3 is 12.0 Å². The van der Waals surface area contributed by atoms with E-state index < -0.39 is 12.0 Å². The molecule has 0 bridgehead atoms. The van der Waals surface area contributed by atoms with Crippen molar-refractivity contribution in [2.45, 2.75) is 52.1 Å². The van der Waals surface area contributed by atoms with Crippen LogP contribution in [0.25, 0.3) is 0 Å². The molecule has 1 heterocycles. The van der Waals surface area contributed by atoms with Crippen LogP contribution in [0, 0.1) is 5.92 Å². The molecule has 6 nitrogen and oxygen atoms in total. The van der Waals surface area contributed by atoms with Crippen LogP contribution in [0.5, 0.6) is 0 Å². The molecular weight excluding hydrogens is 270 g/mol. The van der Waals surface area contributed by atoms with Crippen molar-refractivity contribution in [1.29, 1.82) is 0 Å². The smallest absolute Gasteiger partial charge is 0.326 e. The van der Waals surface area contributed by atoms with Crippen LogP contribution >= 0.6 is 0 Å². The van der Waals surface area contributed by atoms with Crippen molar-refractivity contribution in [1.82, 2.24) is 15.1 Å². The number of carboxylic acid groups (broad SMARTS) is 1. The van der Waals surface area contributed by atoms with Crippen molar-refractivity contribution in [2.75, 3.05) is 26.7 Å². The Bertz CT molecular complexity index is 352. The number of likely N-dealkylation sites (tertiary alicyclic amines) is 1. The molecule has 1 fully saturated rings. The van der Waals surface area contributed by atoms with Crippen molar-refractivity contribution in [2.24, 2.45) is 5.92 Å². The van der Waals surface area contributed by atoms with Crippen molar-refractivity contribution in [3.8, 4) is 0 Å². The average Bonchev–Trinajstić information content (AvgIpc) is 2.45. The SMILES string of the molecule is CCN1CCC(N(C)C(=O)NC(CC(C)C)C(=O)O)CC1. The molecule has 6 heteroatoms. The zero-order valence-corrected chi connectivity index (χ0v) is 13.6. The summed E-state index contributed by atoms with van der Waals surface area (Å²) < 4.78 is 0. The number of carboxylic acids is 1. The summed E-state index contributed by atoms with van der Waals surface area (Å²) in [7, 11) is 1.76. The zero-order valence-electron chi connectivity index (χ0n) is 13.6. The monoisotopic (exact) mass is 299 g/mol. The molecule has 2 amide bonds. The molecule has 0 spiro atoms. The van der Waals surface area contributed by atoms with Gasteiger partial charge in [0, 0.05) is 26.2 Å². The zero-order chi connectivity index (χ0) is 16.0. The molecule has 0 aromatic carbocycles. The lowest BCUT2D eigenvalue weighted by Gasteiger charge is -2.36. The van der Waals surface area contributed by atoms with Gasteiger partial charge in [0.25, 0.3) is 0 Å². The van der Waals surface area contributed by atoms with Crippen LogP contribution in [-0.4, -0.2) is 65.7 Å². The minimum atomic E-state index is -0.966. The number of nitrogens with one attached hydrogen (secondary N) is 1. The lowest BCUT2D eigenvalue weighted by molar-refractivity contribution is -0.139. The standard InChI is InChI=1S/C15H29N3O3/c1-5-18-8-6-12(7-9-18)17(4)15(21)16-13(14(19)20)10-11(2)3/h11-13H,5-10H2,1-4H3,(H,16,21)(H,19,20). The number of hydrogen-bond acceptors (Lipinski definition) is 3. The first kappa shape index (κ1) is 17.8. The molecule has 1 aliphatic heterocycles. The summed E-state index contributed by atoms with van der Waals surface area (Å²) in [6.07, 6.45) is 2.34. The molecule has 2 N–H and O–H groups in total. The third-order valence-corrected chi connectivity index (χ3v) is 4.18. The normalized spacial score (nSPS) is 18.5. The van der Waals surface area contributed by atoms with E-state index >= 15 is 0 Å². The molecular formula is C15H29N3O3. The maximum atomic E-state index is 12.2. The fourth-order valence-corrected chi connectivity index (χ4v) is 2.73. The van der Waals surface area contributed by atoms with Gasteiger partial charge in [-0.25, -0.2) is 9.59 Å². The Balaban J connectivity index is 2.51. The minimum Gasteiger partial charge on any atom is -0.480 e. The maximum absolute atomic E-state index is 12.2. The van der Waals surface area contributed by atoms with Crippen molar-refractivity contribution < 1.29 is 14.7 Å².